The minimum atomic E-state index is -0.706. The molecule has 2 aromatic carbocycles. The number of likely N-dealkylation sites (tertiary alicyclic amines) is 1. The topological polar surface area (TPSA) is 87.5 Å². The van der Waals surface area contributed by atoms with E-state index in [-0.39, 0.29) is 5.91 Å². The Kier molecular flexibility index (Phi) is 7.83. The van der Waals surface area contributed by atoms with Crippen LogP contribution in [-0.2, 0) is 6.42 Å². The van der Waals surface area contributed by atoms with Crippen molar-refractivity contribution in [1.82, 2.24) is 24.3 Å². The summed E-state index contributed by atoms with van der Waals surface area (Å²) < 4.78 is 15.6. The summed E-state index contributed by atoms with van der Waals surface area (Å²) >= 11 is 1.40. The zero-order valence-corrected chi connectivity index (χ0v) is 24.7. The molecule has 1 fully saturated rings. The highest BCUT2D eigenvalue weighted by Gasteiger charge is 2.21. The van der Waals surface area contributed by atoms with Gasteiger partial charge in [0.15, 0.2) is 0 Å². The predicted octanol–water partition coefficient (Wildman–Crippen LogP) is 7.10. The van der Waals surface area contributed by atoms with Crippen LogP contribution in [0.15, 0.2) is 103 Å². The highest BCUT2D eigenvalue weighted by Crippen LogP contribution is 2.33. The normalized spacial score (nSPS) is 15.1. The second kappa shape index (κ2) is 12.4. The van der Waals surface area contributed by atoms with Crippen molar-refractivity contribution < 1.29 is 9.18 Å². The minimum Gasteiger partial charge on any atom is -0.324 e. The number of nitrogens with zero attached hydrogens (tertiary/aromatic N) is 5. The molecule has 1 atom stereocenters. The lowest BCUT2D eigenvalue weighted by molar-refractivity contribution is 0.103. The van der Waals surface area contributed by atoms with E-state index >= 15 is 0 Å². The second-order valence-electron chi connectivity index (χ2n) is 10.8. The SMILES string of the molecule is O=C(Nc1cccc(-c2nc3ccccn3c2-c2ccnc(Nc3cccc(CCN4CC[C@H](F)C4)c3)n2)c1)c1cccs1. The van der Waals surface area contributed by atoms with Crippen molar-refractivity contribution in [2.45, 2.75) is 19.0 Å². The van der Waals surface area contributed by atoms with Crippen LogP contribution < -0.4 is 10.6 Å². The summed E-state index contributed by atoms with van der Waals surface area (Å²) in [5.74, 6) is 0.320. The molecule has 10 heteroatoms. The van der Waals surface area contributed by atoms with Crippen molar-refractivity contribution in [2.75, 3.05) is 30.3 Å². The van der Waals surface area contributed by atoms with Crippen molar-refractivity contribution in [2.24, 2.45) is 0 Å². The molecule has 0 unspecified atom stereocenters. The molecule has 2 N–H and O–H groups in total. The lowest BCUT2D eigenvalue weighted by Gasteiger charge is -2.15. The highest BCUT2D eigenvalue weighted by molar-refractivity contribution is 7.12. The van der Waals surface area contributed by atoms with E-state index in [1.165, 1.54) is 16.9 Å². The molecule has 7 rings (SSSR count). The molecule has 4 aromatic heterocycles. The number of fused-ring (bicyclic) bond motifs is 1. The first-order chi connectivity index (χ1) is 21.6. The number of imidazole rings is 1. The molecule has 5 heterocycles. The van der Waals surface area contributed by atoms with Crippen LogP contribution in [0.1, 0.15) is 21.7 Å². The van der Waals surface area contributed by atoms with E-state index in [0.717, 1.165) is 47.8 Å². The molecule has 6 aromatic rings. The fourth-order valence-electron chi connectivity index (χ4n) is 5.55. The Hall–Kier alpha value is -4.93. The van der Waals surface area contributed by atoms with Crippen LogP contribution in [0.3, 0.4) is 0 Å². The number of aromatic nitrogens is 4. The van der Waals surface area contributed by atoms with Crippen LogP contribution >= 0.6 is 11.3 Å². The van der Waals surface area contributed by atoms with Crippen molar-refractivity contribution in [3.05, 3.63) is 113 Å². The van der Waals surface area contributed by atoms with Gasteiger partial charge in [0.25, 0.3) is 5.91 Å². The maximum Gasteiger partial charge on any atom is 0.265 e. The first-order valence-electron chi connectivity index (χ1n) is 14.6. The van der Waals surface area contributed by atoms with E-state index in [0.29, 0.717) is 35.2 Å². The number of alkyl halides is 1. The Bertz CT molecular complexity index is 1920. The van der Waals surface area contributed by atoms with Gasteiger partial charge in [-0.2, -0.15) is 0 Å². The van der Waals surface area contributed by atoms with E-state index < -0.39 is 6.17 Å². The van der Waals surface area contributed by atoms with Gasteiger partial charge >= 0.3 is 0 Å². The molecule has 0 aliphatic carbocycles. The van der Waals surface area contributed by atoms with Gasteiger partial charge in [0.05, 0.1) is 22.0 Å². The number of benzene rings is 2. The zero-order valence-electron chi connectivity index (χ0n) is 23.9. The molecule has 0 radical (unpaired) electrons. The summed E-state index contributed by atoms with van der Waals surface area (Å²) in [6.45, 7) is 2.18. The number of amides is 1. The number of nitrogens with one attached hydrogen (secondary N) is 2. The Labute approximate surface area is 258 Å². The summed E-state index contributed by atoms with van der Waals surface area (Å²) in [6, 6.07) is 27.3. The number of pyridine rings is 1. The maximum absolute atomic E-state index is 13.6. The van der Waals surface area contributed by atoms with E-state index in [4.69, 9.17) is 9.97 Å². The van der Waals surface area contributed by atoms with Crippen LogP contribution in [0, 0.1) is 0 Å². The van der Waals surface area contributed by atoms with Crippen LogP contribution in [0.5, 0.6) is 0 Å². The Morgan fingerprint density at radius 3 is 2.75 bits per heavy atom. The van der Waals surface area contributed by atoms with Crippen LogP contribution in [0.25, 0.3) is 28.3 Å². The molecule has 0 saturated carbocycles. The molecule has 1 amide bonds. The van der Waals surface area contributed by atoms with Crippen LogP contribution in [0.2, 0.25) is 0 Å². The van der Waals surface area contributed by atoms with Crippen molar-refractivity contribution in [1.29, 1.82) is 0 Å². The van der Waals surface area contributed by atoms with Crippen LogP contribution in [0.4, 0.5) is 21.7 Å². The van der Waals surface area contributed by atoms with Gasteiger partial charge in [-0.1, -0.05) is 36.4 Å². The van der Waals surface area contributed by atoms with Gasteiger partial charge in [0.1, 0.15) is 11.8 Å². The van der Waals surface area contributed by atoms with Gasteiger partial charge in [-0.15, -0.1) is 11.3 Å². The Balaban J connectivity index is 1.16. The minimum absolute atomic E-state index is 0.146. The summed E-state index contributed by atoms with van der Waals surface area (Å²) in [6.07, 6.45) is 4.47. The van der Waals surface area contributed by atoms with E-state index in [2.05, 4.69) is 32.7 Å². The number of halogens is 1. The summed E-state index contributed by atoms with van der Waals surface area (Å²) in [5.41, 5.74) is 6.64. The smallest absolute Gasteiger partial charge is 0.265 e. The fraction of sp³-hybridized carbons (Fsp3) is 0.176. The summed E-state index contributed by atoms with van der Waals surface area (Å²) in [4.78, 5) is 29.9. The van der Waals surface area contributed by atoms with Gasteiger partial charge in [-0.25, -0.2) is 19.3 Å². The number of carbonyl (C=O) groups is 1. The van der Waals surface area contributed by atoms with Crippen molar-refractivity contribution in [3.63, 3.8) is 0 Å². The fourth-order valence-corrected chi connectivity index (χ4v) is 6.17. The quantitative estimate of drug-likeness (QED) is 0.183. The predicted molar refractivity (Wildman–Crippen MR) is 173 cm³/mol. The average molecular weight is 604 g/mol. The maximum atomic E-state index is 13.6. The zero-order chi connectivity index (χ0) is 29.9. The first kappa shape index (κ1) is 27.9. The van der Waals surface area contributed by atoms with E-state index in [9.17, 15) is 9.18 Å². The third-order valence-corrected chi connectivity index (χ3v) is 8.55. The molecule has 44 heavy (non-hydrogen) atoms. The number of hydrogen-bond donors (Lipinski definition) is 2. The lowest BCUT2D eigenvalue weighted by Crippen LogP contribution is -2.23. The van der Waals surface area contributed by atoms with Crippen molar-refractivity contribution in [3.8, 4) is 22.6 Å². The molecular weight excluding hydrogens is 573 g/mol. The summed E-state index contributed by atoms with van der Waals surface area (Å²) in [7, 11) is 0. The van der Waals surface area contributed by atoms with Gasteiger partial charge < -0.3 is 15.5 Å². The largest absolute Gasteiger partial charge is 0.324 e. The highest BCUT2D eigenvalue weighted by atomic mass is 32.1. The van der Waals surface area contributed by atoms with Gasteiger partial charge in [0, 0.05) is 49.0 Å². The lowest BCUT2D eigenvalue weighted by atomic mass is 10.1. The number of carbonyl (C=O) groups excluding carboxylic acids is 1. The molecule has 1 saturated heterocycles. The van der Waals surface area contributed by atoms with Gasteiger partial charge in [0.2, 0.25) is 5.95 Å². The molecule has 1 aliphatic rings. The Morgan fingerprint density at radius 1 is 0.977 bits per heavy atom. The van der Waals surface area contributed by atoms with Crippen molar-refractivity contribution >= 4 is 40.2 Å². The average Bonchev–Trinajstić information content (AvgIpc) is 3.81. The number of thiophene rings is 1. The number of anilines is 3. The first-order valence-corrected chi connectivity index (χ1v) is 15.5. The molecule has 8 nitrogen and oxygen atoms in total. The van der Waals surface area contributed by atoms with Gasteiger partial charge in [-0.05, 0) is 72.3 Å². The Morgan fingerprint density at radius 2 is 1.89 bits per heavy atom. The summed E-state index contributed by atoms with van der Waals surface area (Å²) in [5, 5.41) is 8.24. The number of hydrogen-bond acceptors (Lipinski definition) is 7. The molecule has 0 bridgehead atoms. The monoisotopic (exact) mass is 603 g/mol. The van der Waals surface area contributed by atoms with E-state index in [1.807, 2.05) is 82.7 Å². The molecule has 220 valence electrons. The third-order valence-electron chi connectivity index (χ3n) is 7.68. The standard InChI is InChI=1S/C34H30FN7OS/c35-25-14-18-41(22-25)17-13-23-6-3-8-26(20-23)38-34-36-15-12-28(39-34)32-31(40-30-11-1-2-16-42(30)32)24-7-4-9-27(21-24)37-33(43)29-10-5-19-44-29/h1-12,15-16,19-21,25H,13-14,17-18,22H2,(H,37,43)(H,36,38,39)/t25-/m0/s1. The molecule has 1 aliphatic heterocycles. The number of rotatable bonds is 9. The van der Waals surface area contributed by atoms with Crippen LogP contribution in [-0.4, -0.2) is 56.0 Å². The third kappa shape index (κ3) is 6.08. The van der Waals surface area contributed by atoms with E-state index in [1.54, 1.807) is 12.3 Å². The molecular formula is C34H30FN7OS. The molecule has 0 spiro atoms. The second-order valence-corrected chi connectivity index (χ2v) is 11.7. The van der Waals surface area contributed by atoms with Gasteiger partial charge in [-0.3, -0.25) is 9.20 Å².